The number of aliphatic imine (C=N–C) groups is 1. The molecule has 0 aromatic carbocycles. The zero-order valence-electron chi connectivity index (χ0n) is 16.3. The molecule has 0 bridgehead atoms. The maximum atomic E-state index is 4.66. The van der Waals surface area contributed by atoms with Crippen molar-refractivity contribution in [3.8, 4) is 0 Å². The van der Waals surface area contributed by atoms with Crippen LogP contribution in [0.3, 0.4) is 0 Å². The van der Waals surface area contributed by atoms with Crippen LogP contribution in [0.4, 0.5) is 0 Å². The molecule has 1 aliphatic heterocycles. The minimum atomic E-state index is 0.530. The van der Waals surface area contributed by atoms with Crippen molar-refractivity contribution in [1.82, 2.24) is 30.3 Å². The molecule has 0 spiro atoms. The molecule has 7 nitrogen and oxygen atoms in total. The molecule has 25 heavy (non-hydrogen) atoms. The number of hydrogen-bond donors (Lipinski definition) is 2. The molecule has 1 aromatic rings. The summed E-state index contributed by atoms with van der Waals surface area (Å²) in [6.07, 6.45) is 7.10. The predicted molar refractivity (Wildman–Crippen MR) is 102 cm³/mol. The van der Waals surface area contributed by atoms with Crippen molar-refractivity contribution in [3.05, 3.63) is 12.2 Å². The first-order valence-electron chi connectivity index (χ1n) is 9.71. The molecule has 142 valence electrons. The first-order chi connectivity index (χ1) is 12.1. The fourth-order valence-corrected chi connectivity index (χ4v) is 3.36. The van der Waals surface area contributed by atoms with Crippen LogP contribution in [0.2, 0.25) is 0 Å². The van der Waals surface area contributed by atoms with Gasteiger partial charge < -0.3 is 15.2 Å². The van der Waals surface area contributed by atoms with E-state index < -0.39 is 0 Å². The molecule has 1 fully saturated rings. The lowest BCUT2D eigenvalue weighted by Gasteiger charge is -2.34. The van der Waals surface area contributed by atoms with Crippen molar-refractivity contribution in [3.63, 3.8) is 0 Å². The van der Waals surface area contributed by atoms with Gasteiger partial charge in [0.15, 0.2) is 11.8 Å². The molecule has 2 rings (SSSR count). The van der Waals surface area contributed by atoms with Gasteiger partial charge in [-0.25, -0.2) is 4.99 Å². The molecule has 1 aliphatic rings. The third-order valence-corrected chi connectivity index (χ3v) is 4.89. The van der Waals surface area contributed by atoms with Crippen LogP contribution in [-0.4, -0.2) is 57.8 Å². The van der Waals surface area contributed by atoms with E-state index in [2.05, 4.69) is 51.5 Å². The average Bonchev–Trinajstić information content (AvgIpc) is 2.83. The van der Waals surface area contributed by atoms with E-state index in [0.29, 0.717) is 18.5 Å². The summed E-state index contributed by atoms with van der Waals surface area (Å²) in [5, 5.41) is 14.9. The van der Waals surface area contributed by atoms with E-state index in [4.69, 9.17) is 0 Å². The topological polar surface area (TPSA) is 70.4 Å². The number of hydrogen-bond acceptors (Lipinski definition) is 4. The quantitative estimate of drug-likeness (QED) is 0.580. The van der Waals surface area contributed by atoms with E-state index in [9.17, 15) is 0 Å². The van der Waals surface area contributed by atoms with Gasteiger partial charge in [-0.3, -0.25) is 4.90 Å². The molecule has 0 radical (unpaired) electrons. The maximum Gasteiger partial charge on any atom is 0.191 e. The second kappa shape index (κ2) is 10.4. The second-order valence-electron chi connectivity index (χ2n) is 7.20. The standard InChI is InChI=1S/C18H35N7/c1-5-19-18(21-13-17-23-22-14-24(17)4)20-12-16(15(2)3)25-10-8-6-7-9-11-25/h14-16H,5-13H2,1-4H3,(H2,19,20,21). The van der Waals surface area contributed by atoms with Crippen molar-refractivity contribution in [1.29, 1.82) is 0 Å². The summed E-state index contributed by atoms with van der Waals surface area (Å²) in [6, 6.07) is 0.539. The Bertz CT molecular complexity index is 515. The molecule has 1 unspecified atom stereocenters. The smallest absolute Gasteiger partial charge is 0.191 e. The Labute approximate surface area is 152 Å². The van der Waals surface area contributed by atoms with Gasteiger partial charge in [0.1, 0.15) is 12.9 Å². The summed E-state index contributed by atoms with van der Waals surface area (Å²) in [6.45, 7) is 11.5. The number of guanidine groups is 1. The summed E-state index contributed by atoms with van der Waals surface area (Å²) in [7, 11) is 1.94. The van der Waals surface area contributed by atoms with Gasteiger partial charge in [-0.05, 0) is 38.8 Å². The van der Waals surface area contributed by atoms with Crippen molar-refractivity contribution >= 4 is 5.96 Å². The highest BCUT2D eigenvalue weighted by molar-refractivity contribution is 5.79. The molecule has 1 aromatic heterocycles. The van der Waals surface area contributed by atoms with Gasteiger partial charge in [-0.1, -0.05) is 26.7 Å². The molecular weight excluding hydrogens is 314 g/mol. The number of aromatic nitrogens is 3. The molecule has 7 heteroatoms. The predicted octanol–water partition coefficient (Wildman–Crippen LogP) is 1.77. The number of likely N-dealkylation sites (tertiary alicyclic amines) is 1. The molecular formula is C18H35N7. The summed E-state index contributed by atoms with van der Waals surface area (Å²) in [4.78, 5) is 7.33. The number of nitrogens with zero attached hydrogens (tertiary/aromatic N) is 5. The number of nitrogens with one attached hydrogen (secondary N) is 2. The Morgan fingerprint density at radius 3 is 2.48 bits per heavy atom. The van der Waals surface area contributed by atoms with E-state index in [0.717, 1.165) is 24.9 Å². The van der Waals surface area contributed by atoms with Gasteiger partial charge in [0, 0.05) is 26.2 Å². The van der Waals surface area contributed by atoms with Gasteiger partial charge in [0.25, 0.3) is 0 Å². The molecule has 1 atom stereocenters. The summed E-state index contributed by atoms with van der Waals surface area (Å²) in [5.41, 5.74) is 0. The lowest BCUT2D eigenvalue weighted by atomic mass is 10.0. The van der Waals surface area contributed by atoms with Crippen LogP contribution in [0.15, 0.2) is 11.3 Å². The average molecular weight is 350 g/mol. The minimum absolute atomic E-state index is 0.530. The van der Waals surface area contributed by atoms with Gasteiger partial charge in [-0.15, -0.1) is 10.2 Å². The first-order valence-corrected chi connectivity index (χ1v) is 9.71. The van der Waals surface area contributed by atoms with Crippen LogP contribution in [-0.2, 0) is 13.6 Å². The molecule has 0 amide bonds. The minimum Gasteiger partial charge on any atom is -0.357 e. The third kappa shape index (κ3) is 6.30. The van der Waals surface area contributed by atoms with E-state index >= 15 is 0 Å². The SMILES string of the molecule is CCNC(=NCc1nncn1C)NCC(C(C)C)N1CCCCCC1. The van der Waals surface area contributed by atoms with Crippen molar-refractivity contribution in [2.75, 3.05) is 26.2 Å². The Morgan fingerprint density at radius 1 is 1.20 bits per heavy atom. The Kier molecular flexibility index (Phi) is 8.18. The first kappa shape index (κ1) is 19.7. The number of aryl methyl sites for hydroxylation is 1. The molecule has 2 N–H and O–H groups in total. The van der Waals surface area contributed by atoms with Crippen molar-refractivity contribution < 1.29 is 0 Å². The summed E-state index contributed by atoms with van der Waals surface area (Å²) >= 11 is 0. The number of rotatable bonds is 7. The van der Waals surface area contributed by atoms with Crippen LogP contribution in [0, 0.1) is 5.92 Å². The van der Waals surface area contributed by atoms with Gasteiger partial charge >= 0.3 is 0 Å². The normalized spacial score (nSPS) is 18.2. The van der Waals surface area contributed by atoms with Crippen LogP contribution in [0.1, 0.15) is 52.3 Å². The van der Waals surface area contributed by atoms with Crippen molar-refractivity contribution in [2.24, 2.45) is 18.0 Å². The van der Waals surface area contributed by atoms with Gasteiger partial charge in [-0.2, -0.15) is 0 Å². The fourth-order valence-electron chi connectivity index (χ4n) is 3.36. The van der Waals surface area contributed by atoms with E-state index in [1.165, 1.54) is 38.8 Å². The highest BCUT2D eigenvalue weighted by Gasteiger charge is 2.22. The molecule has 0 saturated carbocycles. The summed E-state index contributed by atoms with van der Waals surface area (Å²) in [5.74, 6) is 2.34. The lowest BCUT2D eigenvalue weighted by Crippen LogP contribution is -2.49. The molecule has 0 aliphatic carbocycles. The van der Waals surface area contributed by atoms with Crippen LogP contribution in [0.5, 0.6) is 0 Å². The Hall–Kier alpha value is -1.63. The zero-order valence-corrected chi connectivity index (χ0v) is 16.3. The highest BCUT2D eigenvalue weighted by atomic mass is 15.3. The molecule has 1 saturated heterocycles. The van der Waals surface area contributed by atoms with E-state index in [1.54, 1.807) is 6.33 Å². The van der Waals surface area contributed by atoms with E-state index in [-0.39, 0.29) is 0 Å². The molecule has 2 heterocycles. The Morgan fingerprint density at radius 2 is 1.92 bits per heavy atom. The second-order valence-corrected chi connectivity index (χ2v) is 7.20. The largest absolute Gasteiger partial charge is 0.357 e. The third-order valence-electron chi connectivity index (χ3n) is 4.89. The van der Waals surface area contributed by atoms with Gasteiger partial charge in [0.2, 0.25) is 0 Å². The van der Waals surface area contributed by atoms with E-state index in [1.807, 2.05) is 11.6 Å². The monoisotopic (exact) mass is 349 g/mol. The van der Waals surface area contributed by atoms with Crippen LogP contribution in [0.25, 0.3) is 0 Å². The lowest BCUT2D eigenvalue weighted by molar-refractivity contribution is 0.161. The fraction of sp³-hybridized carbons (Fsp3) is 0.833. The van der Waals surface area contributed by atoms with Crippen LogP contribution < -0.4 is 10.6 Å². The summed E-state index contributed by atoms with van der Waals surface area (Å²) < 4.78 is 1.90. The zero-order chi connectivity index (χ0) is 18.1. The van der Waals surface area contributed by atoms with Crippen LogP contribution >= 0.6 is 0 Å². The maximum absolute atomic E-state index is 4.66. The Balaban J connectivity index is 1.95. The highest BCUT2D eigenvalue weighted by Crippen LogP contribution is 2.17. The van der Waals surface area contributed by atoms with Gasteiger partial charge in [0.05, 0.1) is 0 Å². The van der Waals surface area contributed by atoms with Crippen molar-refractivity contribution in [2.45, 2.75) is 59.0 Å².